The van der Waals surface area contributed by atoms with Crippen molar-refractivity contribution in [3.05, 3.63) is 88.9 Å². The van der Waals surface area contributed by atoms with Gasteiger partial charge in [-0.15, -0.1) is 18.3 Å². The van der Waals surface area contributed by atoms with Gasteiger partial charge in [-0.1, -0.05) is 42.5 Å². The average molecular weight is 410 g/mol. The summed E-state index contributed by atoms with van der Waals surface area (Å²) in [6.07, 6.45) is 4.84. The normalized spacial score (nSPS) is 10.9. The standard InChI is InChI=1S/C20H19N5OS2/c1-2-11-21-20(27)24-22-13-16-18(28-14-15-8-4-3-5-9-15)23-17-10-6-7-12-25(17)19(16)26/h2-10,12-13H,1,11,14H2,(H2,21,24,27)/b22-13+. The van der Waals surface area contributed by atoms with Gasteiger partial charge in [0, 0.05) is 18.5 Å². The fraction of sp³-hybridized carbons (Fsp3) is 0.100. The Labute approximate surface area is 172 Å². The van der Waals surface area contributed by atoms with Crippen LogP contribution in [0, 0.1) is 0 Å². The van der Waals surface area contributed by atoms with Gasteiger partial charge in [0.05, 0.1) is 11.8 Å². The Morgan fingerprint density at radius 1 is 1.25 bits per heavy atom. The van der Waals surface area contributed by atoms with E-state index >= 15 is 0 Å². The Kier molecular flexibility index (Phi) is 6.94. The van der Waals surface area contributed by atoms with E-state index in [1.54, 1.807) is 18.3 Å². The van der Waals surface area contributed by atoms with Gasteiger partial charge in [-0.05, 0) is 29.9 Å². The van der Waals surface area contributed by atoms with Crippen molar-refractivity contribution in [2.45, 2.75) is 10.8 Å². The number of thiocarbonyl (C=S) groups is 1. The van der Waals surface area contributed by atoms with Crippen molar-refractivity contribution in [3.63, 3.8) is 0 Å². The van der Waals surface area contributed by atoms with Crippen molar-refractivity contribution < 1.29 is 0 Å². The quantitative estimate of drug-likeness (QED) is 0.156. The van der Waals surface area contributed by atoms with Crippen LogP contribution in [-0.2, 0) is 5.75 Å². The molecule has 0 atom stereocenters. The largest absolute Gasteiger partial charge is 0.358 e. The lowest BCUT2D eigenvalue weighted by Gasteiger charge is -2.08. The highest BCUT2D eigenvalue weighted by Gasteiger charge is 2.12. The molecule has 142 valence electrons. The first kappa shape index (κ1) is 19.8. The molecule has 2 N–H and O–H groups in total. The third kappa shape index (κ3) is 5.05. The number of aromatic nitrogens is 2. The van der Waals surface area contributed by atoms with E-state index in [2.05, 4.69) is 27.4 Å². The van der Waals surface area contributed by atoms with E-state index < -0.39 is 0 Å². The summed E-state index contributed by atoms with van der Waals surface area (Å²) >= 11 is 6.60. The van der Waals surface area contributed by atoms with Gasteiger partial charge in [-0.25, -0.2) is 4.98 Å². The molecule has 0 fully saturated rings. The number of hydrogen-bond donors (Lipinski definition) is 2. The van der Waals surface area contributed by atoms with Gasteiger partial charge in [-0.2, -0.15) is 5.10 Å². The summed E-state index contributed by atoms with van der Waals surface area (Å²) in [5.41, 5.74) is 4.67. The van der Waals surface area contributed by atoms with Crippen LogP contribution in [0.1, 0.15) is 11.1 Å². The van der Waals surface area contributed by atoms with Crippen LogP contribution in [0.25, 0.3) is 5.65 Å². The first-order valence-electron chi connectivity index (χ1n) is 8.55. The molecule has 0 amide bonds. The summed E-state index contributed by atoms with van der Waals surface area (Å²) in [7, 11) is 0. The number of hydrogen-bond acceptors (Lipinski definition) is 5. The van der Waals surface area contributed by atoms with Crippen LogP contribution in [-0.4, -0.2) is 27.3 Å². The maximum atomic E-state index is 12.9. The number of fused-ring (bicyclic) bond motifs is 1. The molecule has 0 aliphatic carbocycles. The number of benzene rings is 1. The zero-order valence-corrected chi connectivity index (χ0v) is 16.7. The molecule has 0 aliphatic rings. The van der Waals surface area contributed by atoms with E-state index in [1.165, 1.54) is 22.4 Å². The van der Waals surface area contributed by atoms with Crippen molar-refractivity contribution >= 4 is 41.0 Å². The molecule has 0 unspecified atom stereocenters. The summed E-state index contributed by atoms with van der Waals surface area (Å²) in [4.78, 5) is 17.6. The van der Waals surface area contributed by atoms with Gasteiger partial charge >= 0.3 is 0 Å². The summed E-state index contributed by atoms with van der Waals surface area (Å²) in [5.74, 6) is 0.698. The second kappa shape index (κ2) is 9.82. The molecule has 0 saturated heterocycles. The molecule has 3 rings (SSSR count). The fourth-order valence-electron chi connectivity index (χ4n) is 2.39. The molecule has 28 heavy (non-hydrogen) atoms. The second-order valence-electron chi connectivity index (χ2n) is 5.71. The molecule has 2 aromatic heterocycles. The fourth-order valence-corrected chi connectivity index (χ4v) is 3.47. The predicted octanol–water partition coefficient (Wildman–Crippen LogP) is 2.97. The minimum absolute atomic E-state index is 0.184. The van der Waals surface area contributed by atoms with E-state index in [9.17, 15) is 4.79 Å². The SMILES string of the molecule is C=CCNC(=S)N/N=C/c1c(SCc2ccccc2)nc2ccccn2c1=O. The van der Waals surface area contributed by atoms with Gasteiger partial charge in [0.15, 0.2) is 5.11 Å². The molecule has 2 heterocycles. The van der Waals surface area contributed by atoms with E-state index in [4.69, 9.17) is 12.2 Å². The minimum atomic E-state index is -0.184. The van der Waals surface area contributed by atoms with Crippen LogP contribution in [0.3, 0.4) is 0 Å². The average Bonchev–Trinajstić information content (AvgIpc) is 2.73. The van der Waals surface area contributed by atoms with Crippen LogP contribution in [0.15, 0.2) is 82.3 Å². The van der Waals surface area contributed by atoms with E-state index in [0.717, 1.165) is 5.56 Å². The van der Waals surface area contributed by atoms with Gasteiger partial charge in [-0.3, -0.25) is 14.6 Å². The van der Waals surface area contributed by atoms with E-state index in [1.807, 2.05) is 42.5 Å². The second-order valence-corrected chi connectivity index (χ2v) is 7.08. The van der Waals surface area contributed by atoms with E-state index in [0.29, 0.717) is 33.6 Å². The van der Waals surface area contributed by atoms with Gasteiger partial charge in [0.1, 0.15) is 10.7 Å². The number of nitrogens with zero attached hydrogens (tertiary/aromatic N) is 3. The maximum absolute atomic E-state index is 12.9. The van der Waals surface area contributed by atoms with Crippen molar-refractivity contribution in [1.82, 2.24) is 20.1 Å². The smallest absolute Gasteiger partial charge is 0.267 e. The first-order valence-corrected chi connectivity index (χ1v) is 9.94. The monoisotopic (exact) mass is 409 g/mol. The Balaban J connectivity index is 1.89. The molecule has 6 nitrogen and oxygen atoms in total. The zero-order chi connectivity index (χ0) is 19.8. The summed E-state index contributed by atoms with van der Waals surface area (Å²) in [6, 6.07) is 15.5. The highest BCUT2D eigenvalue weighted by atomic mass is 32.2. The van der Waals surface area contributed by atoms with Gasteiger partial charge in [0.25, 0.3) is 5.56 Å². The van der Waals surface area contributed by atoms with Crippen LogP contribution in [0.5, 0.6) is 0 Å². The minimum Gasteiger partial charge on any atom is -0.358 e. The summed E-state index contributed by atoms with van der Waals surface area (Å²) < 4.78 is 1.50. The first-order chi connectivity index (χ1) is 13.7. The molecule has 0 aliphatic heterocycles. The molecule has 0 bridgehead atoms. The number of hydrazone groups is 1. The molecular formula is C20H19N5OS2. The number of nitrogens with one attached hydrogen (secondary N) is 2. The highest BCUT2D eigenvalue weighted by Crippen LogP contribution is 2.22. The lowest BCUT2D eigenvalue weighted by Crippen LogP contribution is -2.32. The molecule has 0 spiro atoms. The van der Waals surface area contributed by atoms with E-state index in [-0.39, 0.29) is 5.56 Å². The third-order valence-electron chi connectivity index (χ3n) is 3.72. The van der Waals surface area contributed by atoms with Crippen molar-refractivity contribution in [1.29, 1.82) is 0 Å². The topological polar surface area (TPSA) is 70.8 Å². The van der Waals surface area contributed by atoms with Crippen LogP contribution in [0.4, 0.5) is 0 Å². The Morgan fingerprint density at radius 2 is 2.04 bits per heavy atom. The molecule has 0 radical (unpaired) electrons. The maximum Gasteiger partial charge on any atom is 0.267 e. The summed E-state index contributed by atoms with van der Waals surface area (Å²) in [6.45, 7) is 4.14. The summed E-state index contributed by atoms with van der Waals surface area (Å²) in [5, 5.41) is 7.98. The lowest BCUT2D eigenvalue weighted by atomic mass is 10.2. The number of rotatable bonds is 7. The van der Waals surface area contributed by atoms with Gasteiger partial charge < -0.3 is 5.32 Å². The molecule has 0 saturated carbocycles. The highest BCUT2D eigenvalue weighted by molar-refractivity contribution is 7.98. The van der Waals surface area contributed by atoms with Crippen molar-refractivity contribution in [3.8, 4) is 0 Å². The Morgan fingerprint density at radius 3 is 2.82 bits per heavy atom. The molecular weight excluding hydrogens is 390 g/mol. The number of thioether (sulfide) groups is 1. The molecule has 3 aromatic rings. The number of pyridine rings is 1. The van der Waals surface area contributed by atoms with Crippen LogP contribution >= 0.6 is 24.0 Å². The zero-order valence-electron chi connectivity index (χ0n) is 15.0. The van der Waals surface area contributed by atoms with Crippen molar-refractivity contribution in [2.75, 3.05) is 6.54 Å². The Hall–Kier alpha value is -2.97. The van der Waals surface area contributed by atoms with Crippen LogP contribution < -0.4 is 16.3 Å². The molecule has 8 heteroatoms. The predicted molar refractivity (Wildman–Crippen MR) is 119 cm³/mol. The van der Waals surface area contributed by atoms with Gasteiger partial charge in [0.2, 0.25) is 0 Å². The third-order valence-corrected chi connectivity index (χ3v) is 5.02. The van der Waals surface area contributed by atoms with Crippen molar-refractivity contribution in [2.24, 2.45) is 5.10 Å². The lowest BCUT2D eigenvalue weighted by molar-refractivity contribution is 0.935. The Bertz CT molecular complexity index is 1060. The van der Waals surface area contributed by atoms with Crippen LogP contribution in [0.2, 0.25) is 0 Å². The molecule has 1 aromatic carbocycles.